The van der Waals surface area contributed by atoms with Crippen molar-refractivity contribution in [1.82, 2.24) is 0 Å². The highest BCUT2D eigenvalue weighted by atomic mass is 16.4. The van der Waals surface area contributed by atoms with Gasteiger partial charge in [0.05, 0.1) is 0 Å². The molecule has 0 aromatic carbocycles. The molecule has 0 bridgehead atoms. The third kappa shape index (κ3) is 3.58. The van der Waals surface area contributed by atoms with Crippen molar-refractivity contribution < 1.29 is 9.90 Å². The molecule has 0 radical (unpaired) electrons. The van der Waals surface area contributed by atoms with Gasteiger partial charge in [0.1, 0.15) is 0 Å². The molecule has 0 aromatic rings. The van der Waals surface area contributed by atoms with Gasteiger partial charge in [-0.15, -0.1) is 0 Å². The predicted molar refractivity (Wildman–Crippen MR) is 68.9 cm³/mol. The van der Waals surface area contributed by atoms with Crippen LogP contribution < -0.4 is 0 Å². The Balaban J connectivity index is 1.95. The lowest BCUT2D eigenvalue weighted by Gasteiger charge is -2.35. The first kappa shape index (κ1) is 12.7. The second-order valence-corrected chi connectivity index (χ2v) is 6.46. The number of carboxylic acid groups (broad SMARTS) is 1. The molecule has 2 saturated carbocycles. The van der Waals surface area contributed by atoms with Gasteiger partial charge < -0.3 is 5.11 Å². The lowest BCUT2D eigenvalue weighted by atomic mass is 9.70. The van der Waals surface area contributed by atoms with E-state index < -0.39 is 5.97 Å². The molecule has 2 aliphatic rings. The molecule has 0 amide bonds. The van der Waals surface area contributed by atoms with Crippen molar-refractivity contribution in [1.29, 1.82) is 0 Å². The van der Waals surface area contributed by atoms with Gasteiger partial charge in [-0.05, 0) is 56.3 Å². The lowest BCUT2D eigenvalue weighted by Crippen LogP contribution is -2.22. The highest BCUT2D eigenvalue weighted by molar-refractivity contribution is 5.67. The fourth-order valence-corrected chi connectivity index (χ4v) is 3.04. The van der Waals surface area contributed by atoms with Crippen LogP contribution in [-0.4, -0.2) is 11.1 Å². The Kier molecular flexibility index (Phi) is 3.60. The summed E-state index contributed by atoms with van der Waals surface area (Å²) >= 11 is 0. The summed E-state index contributed by atoms with van der Waals surface area (Å²) in [5.41, 5.74) is 3.60. The Bertz CT molecular complexity index is 323. The minimum atomic E-state index is -0.653. The van der Waals surface area contributed by atoms with E-state index in [1.165, 1.54) is 44.1 Å². The molecule has 0 saturated heterocycles. The second kappa shape index (κ2) is 4.83. The zero-order chi connectivity index (χ0) is 12.5. The van der Waals surface area contributed by atoms with Crippen LogP contribution >= 0.6 is 0 Å². The van der Waals surface area contributed by atoms with E-state index in [4.69, 9.17) is 5.11 Å². The van der Waals surface area contributed by atoms with Crippen LogP contribution in [0.5, 0.6) is 0 Å². The van der Waals surface area contributed by atoms with E-state index in [9.17, 15) is 4.79 Å². The fourth-order valence-electron chi connectivity index (χ4n) is 3.04. The van der Waals surface area contributed by atoms with Crippen molar-refractivity contribution in [2.24, 2.45) is 11.3 Å². The van der Waals surface area contributed by atoms with E-state index in [2.05, 4.69) is 13.8 Å². The van der Waals surface area contributed by atoms with Crippen LogP contribution in [0, 0.1) is 11.3 Å². The molecule has 2 rings (SSSR count). The summed E-state index contributed by atoms with van der Waals surface area (Å²) in [6.07, 6.45) is 8.71. The van der Waals surface area contributed by atoms with E-state index in [0.717, 1.165) is 6.42 Å². The Hall–Kier alpha value is -0.790. The highest BCUT2D eigenvalue weighted by Crippen LogP contribution is 2.46. The van der Waals surface area contributed by atoms with Gasteiger partial charge in [0.2, 0.25) is 0 Å². The molecule has 0 atom stereocenters. The molecular formula is C15H24O2. The first-order chi connectivity index (χ1) is 7.98. The Labute approximate surface area is 104 Å². The number of carbonyl (C=O) groups is 1. The zero-order valence-corrected chi connectivity index (χ0v) is 11.1. The van der Waals surface area contributed by atoms with E-state index in [0.29, 0.717) is 17.8 Å². The monoisotopic (exact) mass is 236 g/mol. The molecule has 0 aromatic heterocycles. The number of carboxylic acids is 1. The van der Waals surface area contributed by atoms with Gasteiger partial charge in [-0.2, -0.15) is 0 Å². The van der Waals surface area contributed by atoms with Crippen molar-refractivity contribution in [3.05, 3.63) is 11.1 Å². The molecule has 2 heteroatoms. The average Bonchev–Trinajstić information content (AvgIpc) is 3.04. The number of aliphatic carboxylic acids is 1. The Morgan fingerprint density at radius 1 is 1.24 bits per heavy atom. The van der Waals surface area contributed by atoms with Gasteiger partial charge in [-0.25, -0.2) is 0 Å². The van der Waals surface area contributed by atoms with Crippen molar-refractivity contribution in [2.45, 2.75) is 65.2 Å². The van der Waals surface area contributed by atoms with Gasteiger partial charge in [0.25, 0.3) is 0 Å². The molecule has 2 nitrogen and oxygen atoms in total. The molecule has 96 valence electrons. The smallest absolute Gasteiger partial charge is 0.303 e. The predicted octanol–water partition coefficient (Wildman–Crippen LogP) is 4.16. The summed E-state index contributed by atoms with van der Waals surface area (Å²) in [5, 5.41) is 8.82. The normalized spacial score (nSPS) is 23.5. The van der Waals surface area contributed by atoms with Crippen LogP contribution in [0.3, 0.4) is 0 Å². The van der Waals surface area contributed by atoms with E-state index in [1.807, 2.05) is 0 Å². The molecule has 2 aliphatic carbocycles. The van der Waals surface area contributed by atoms with Crippen molar-refractivity contribution in [2.75, 3.05) is 0 Å². The second-order valence-electron chi connectivity index (χ2n) is 6.46. The minimum absolute atomic E-state index is 0.318. The maximum Gasteiger partial charge on any atom is 0.303 e. The van der Waals surface area contributed by atoms with Crippen molar-refractivity contribution in [3.63, 3.8) is 0 Å². The SMILES string of the molecule is CC1(C)CCC(C(CCC(=O)O)=C2CC2)CC1. The minimum Gasteiger partial charge on any atom is -0.481 e. The number of rotatable bonds is 4. The van der Waals surface area contributed by atoms with Gasteiger partial charge in [-0.1, -0.05) is 25.0 Å². The molecule has 0 aliphatic heterocycles. The van der Waals surface area contributed by atoms with Crippen molar-refractivity contribution >= 4 is 5.97 Å². The highest BCUT2D eigenvalue weighted by Gasteiger charge is 2.31. The van der Waals surface area contributed by atoms with Gasteiger partial charge in [0.15, 0.2) is 0 Å². The number of hydrogen-bond acceptors (Lipinski definition) is 1. The topological polar surface area (TPSA) is 37.3 Å². The van der Waals surface area contributed by atoms with Gasteiger partial charge in [-0.3, -0.25) is 4.79 Å². The molecular weight excluding hydrogens is 212 g/mol. The largest absolute Gasteiger partial charge is 0.481 e. The zero-order valence-electron chi connectivity index (χ0n) is 11.1. The van der Waals surface area contributed by atoms with Gasteiger partial charge >= 0.3 is 5.97 Å². The Morgan fingerprint density at radius 3 is 2.29 bits per heavy atom. The molecule has 0 heterocycles. The van der Waals surface area contributed by atoms with E-state index in [1.54, 1.807) is 5.57 Å². The van der Waals surface area contributed by atoms with Gasteiger partial charge in [0, 0.05) is 6.42 Å². The summed E-state index contributed by atoms with van der Waals surface area (Å²) < 4.78 is 0. The number of allylic oxidation sites excluding steroid dienone is 2. The fraction of sp³-hybridized carbons (Fsp3) is 0.800. The van der Waals surface area contributed by atoms with Crippen LogP contribution in [0.4, 0.5) is 0 Å². The Morgan fingerprint density at radius 2 is 1.82 bits per heavy atom. The maximum atomic E-state index is 10.7. The first-order valence-electron chi connectivity index (χ1n) is 6.90. The van der Waals surface area contributed by atoms with Crippen LogP contribution in [0.25, 0.3) is 0 Å². The van der Waals surface area contributed by atoms with Crippen LogP contribution in [0.15, 0.2) is 11.1 Å². The quantitative estimate of drug-likeness (QED) is 0.744. The number of hydrogen-bond donors (Lipinski definition) is 1. The van der Waals surface area contributed by atoms with Crippen LogP contribution in [-0.2, 0) is 4.79 Å². The standard InChI is InChI=1S/C15H24O2/c1-15(2)9-7-12(8-10-15)13(11-3-4-11)5-6-14(16)17/h12H,3-10H2,1-2H3,(H,16,17). The summed E-state index contributed by atoms with van der Waals surface area (Å²) in [4.78, 5) is 10.7. The lowest BCUT2D eigenvalue weighted by molar-refractivity contribution is -0.137. The molecule has 1 N–H and O–H groups in total. The summed E-state index contributed by atoms with van der Waals surface area (Å²) in [5.74, 6) is 0.0414. The first-order valence-corrected chi connectivity index (χ1v) is 6.90. The third-order valence-corrected chi connectivity index (χ3v) is 4.39. The molecule has 0 spiro atoms. The third-order valence-electron chi connectivity index (χ3n) is 4.39. The molecule has 17 heavy (non-hydrogen) atoms. The maximum absolute atomic E-state index is 10.7. The van der Waals surface area contributed by atoms with E-state index >= 15 is 0 Å². The summed E-state index contributed by atoms with van der Waals surface area (Å²) in [7, 11) is 0. The molecule has 0 unspecified atom stereocenters. The van der Waals surface area contributed by atoms with Crippen LogP contribution in [0.2, 0.25) is 0 Å². The van der Waals surface area contributed by atoms with Crippen LogP contribution in [0.1, 0.15) is 65.2 Å². The molecule has 2 fully saturated rings. The van der Waals surface area contributed by atoms with E-state index in [-0.39, 0.29) is 0 Å². The summed E-state index contributed by atoms with van der Waals surface area (Å²) in [6, 6.07) is 0. The average molecular weight is 236 g/mol. The summed E-state index contributed by atoms with van der Waals surface area (Å²) in [6.45, 7) is 4.70. The van der Waals surface area contributed by atoms with Crippen molar-refractivity contribution in [3.8, 4) is 0 Å².